The minimum Gasteiger partial charge on any atom is -0.322 e. The highest BCUT2D eigenvalue weighted by molar-refractivity contribution is 6.30. The van der Waals surface area contributed by atoms with Gasteiger partial charge in [-0.05, 0) is 42.8 Å². The molecule has 122 valence electrons. The van der Waals surface area contributed by atoms with Crippen LogP contribution in [0.1, 0.15) is 18.5 Å². The summed E-state index contributed by atoms with van der Waals surface area (Å²) in [5.74, 6) is -2.98. The van der Waals surface area contributed by atoms with Gasteiger partial charge < -0.3 is 10.6 Å². The van der Waals surface area contributed by atoms with Gasteiger partial charge in [-0.2, -0.15) is 0 Å². The largest absolute Gasteiger partial charge is 0.322 e. The van der Waals surface area contributed by atoms with Gasteiger partial charge in [0.25, 0.3) is 0 Å². The number of hydrogen-bond donors (Lipinski definition) is 2. The molecule has 0 aliphatic rings. The molecule has 0 unspecified atom stereocenters. The Hall–Kier alpha value is -2.05. The Morgan fingerprint density at radius 2 is 1.78 bits per heavy atom. The van der Waals surface area contributed by atoms with E-state index in [0.29, 0.717) is 10.6 Å². The fourth-order valence-electron chi connectivity index (χ4n) is 1.93. The maximum absolute atomic E-state index is 13.5. The van der Waals surface area contributed by atoms with Crippen molar-refractivity contribution in [3.05, 3.63) is 64.4 Å². The third-order valence-electron chi connectivity index (χ3n) is 3.21. The fraction of sp³-hybridized carbons (Fsp3) is 0.188. The highest BCUT2D eigenvalue weighted by atomic mass is 35.5. The van der Waals surface area contributed by atoms with Crippen molar-refractivity contribution < 1.29 is 18.0 Å². The molecule has 2 aromatic rings. The average molecular weight is 343 g/mol. The van der Waals surface area contributed by atoms with E-state index >= 15 is 0 Å². The van der Waals surface area contributed by atoms with Gasteiger partial charge in [-0.3, -0.25) is 4.79 Å². The summed E-state index contributed by atoms with van der Waals surface area (Å²) in [6.07, 6.45) is 0. The van der Waals surface area contributed by atoms with Gasteiger partial charge in [0.15, 0.2) is 11.6 Å². The van der Waals surface area contributed by atoms with Crippen molar-refractivity contribution in [3.63, 3.8) is 0 Å². The van der Waals surface area contributed by atoms with Crippen molar-refractivity contribution >= 4 is 23.2 Å². The molecule has 0 radical (unpaired) electrons. The molecule has 2 N–H and O–H groups in total. The Morgan fingerprint density at radius 1 is 1.09 bits per heavy atom. The summed E-state index contributed by atoms with van der Waals surface area (Å²) in [7, 11) is 0. The van der Waals surface area contributed by atoms with Gasteiger partial charge in [-0.1, -0.05) is 17.7 Å². The third kappa shape index (κ3) is 4.71. The second kappa shape index (κ2) is 7.48. The molecule has 0 bridgehead atoms. The monoisotopic (exact) mass is 342 g/mol. The molecular formula is C16H14ClF3N2O. The number of anilines is 1. The van der Waals surface area contributed by atoms with Gasteiger partial charge in [0.2, 0.25) is 5.91 Å². The number of hydrogen-bond acceptors (Lipinski definition) is 2. The number of nitrogens with one attached hydrogen (secondary N) is 2. The Morgan fingerprint density at radius 3 is 2.48 bits per heavy atom. The van der Waals surface area contributed by atoms with Crippen LogP contribution in [0.4, 0.5) is 18.9 Å². The molecule has 0 spiro atoms. The standard InChI is InChI=1S/C16H14ClF3N2O/c1-9(10-2-4-12(18)14(20)6-10)21-8-16(23)22-15-7-11(17)3-5-13(15)19/h2-7,9,21H,8H2,1H3,(H,22,23)/t9-/m0/s1. The molecule has 7 heteroatoms. The van der Waals surface area contributed by atoms with E-state index in [9.17, 15) is 18.0 Å². The molecule has 0 fully saturated rings. The number of rotatable bonds is 5. The van der Waals surface area contributed by atoms with E-state index in [4.69, 9.17) is 11.6 Å². The molecule has 0 saturated carbocycles. The first-order valence-corrected chi connectivity index (χ1v) is 7.18. The predicted octanol–water partition coefficient (Wildman–Crippen LogP) is 4.05. The number of benzene rings is 2. The molecule has 0 heterocycles. The van der Waals surface area contributed by atoms with Gasteiger partial charge in [0.1, 0.15) is 5.82 Å². The highest BCUT2D eigenvalue weighted by Crippen LogP contribution is 2.19. The lowest BCUT2D eigenvalue weighted by Crippen LogP contribution is -2.30. The average Bonchev–Trinajstić information content (AvgIpc) is 2.51. The summed E-state index contributed by atoms with van der Waals surface area (Å²) in [4.78, 5) is 11.8. The van der Waals surface area contributed by atoms with Crippen molar-refractivity contribution in [2.24, 2.45) is 0 Å². The van der Waals surface area contributed by atoms with Crippen LogP contribution in [0, 0.1) is 17.5 Å². The predicted molar refractivity (Wildman–Crippen MR) is 82.8 cm³/mol. The highest BCUT2D eigenvalue weighted by Gasteiger charge is 2.12. The lowest BCUT2D eigenvalue weighted by atomic mass is 10.1. The van der Waals surface area contributed by atoms with Crippen LogP contribution >= 0.6 is 11.6 Å². The smallest absolute Gasteiger partial charge is 0.238 e. The molecule has 0 aliphatic heterocycles. The lowest BCUT2D eigenvalue weighted by molar-refractivity contribution is -0.115. The van der Waals surface area contributed by atoms with Crippen molar-refractivity contribution in [1.29, 1.82) is 0 Å². The van der Waals surface area contributed by atoms with E-state index in [0.717, 1.165) is 18.2 Å². The first kappa shape index (κ1) is 17.3. The summed E-state index contributed by atoms with van der Waals surface area (Å²) in [6, 6.07) is 6.93. The minimum absolute atomic E-state index is 0.0234. The van der Waals surface area contributed by atoms with Gasteiger partial charge >= 0.3 is 0 Å². The van der Waals surface area contributed by atoms with Gasteiger partial charge in [-0.25, -0.2) is 13.2 Å². The van der Waals surface area contributed by atoms with E-state index in [-0.39, 0.29) is 18.3 Å². The first-order valence-electron chi connectivity index (χ1n) is 6.80. The van der Waals surface area contributed by atoms with Crippen LogP contribution in [0.3, 0.4) is 0 Å². The van der Waals surface area contributed by atoms with Crippen molar-refractivity contribution in [1.82, 2.24) is 5.32 Å². The van der Waals surface area contributed by atoms with Gasteiger partial charge in [0.05, 0.1) is 12.2 Å². The fourth-order valence-corrected chi connectivity index (χ4v) is 2.11. The quantitative estimate of drug-likeness (QED) is 0.860. The Kier molecular flexibility index (Phi) is 5.63. The van der Waals surface area contributed by atoms with Gasteiger partial charge in [-0.15, -0.1) is 0 Å². The summed E-state index contributed by atoms with van der Waals surface area (Å²) in [5.41, 5.74) is 0.468. The van der Waals surface area contributed by atoms with Crippen LogP contribution in [-0.4, -0.2) is 12.5 Å². The zero-order chi connectivity index (χ0) is 17.0. The maximum Gasteiger partial charge on any atom is 0.238 e. The van der Waals surface area contributed by atoms with Crippen molar-refractivity contribution in [3.8, 4) is 0 Å². The van der Waals surface area contributed by atoms with E-state index in [1.807, 2.05) is 0 Å². The molecule has 2 rings (SSSR count). The van der Waals surface area contributed by atoms with Crippen molar-refractivity contribution in [2.45, 2.75) is 13.0 Å². The zero-order valence-corrected chi connectivity index (χ0v) is 12.9. The summed E-state index contributed by atoms with van der Waals surface area (Å²) >= 11 is 5.74. The number of amides is 1. The Bertz CT molecular complexity index is 724. The van der Waals surface area contributed by atoms with Crippen LogP contribution in [0.2, 0.25) is 5.02 Å². The van der Waals surface area contributed by atoms with Crippen LogP contribution in [0.5, 0.6) is 0 Å². The zero-order valence-electron chi connectivity index (χ0n) is 12.2. The SMILES string of the molecule is C[C@H](NCC(=O)Nc1cc(Cl)ccc1F)c1ccc(F)c(F)c1. The molecule has 1 amide bonds. The molecule has 0 saturated heterocycles. The normalized spacial score (nSPS) is 12.0. The number of halogens is 4. The molecule has 0 aliphatic carbocycles. The molecule has 3 nitrogen and oxygen atoms in total. The second-order valence-corrected chi connectivity index (χ2v) is 5.38. The Balaban J connectivity index is 1.93. The number of carbonyl (C=O) groups excluding carboxylic acids is 1. The maximum atomic E-state index is 13.5. The topological polar surface area (TPSA) is 41.1 Å². The summed E-state index contributed by atoms with van der Waals surface area (Å²) in [5, 5.41) is 5.52. The van der Waals surface area contributed by atoms with E-state index in [1.54, 1.807) is 6.92 Å². The summed E-state index contributed by atoms with van der Waals surface area (Å²) < 4.78 is 39.6. The number of carbonyl (C=O) groups is 1. The molecule has 23 heavy (non-hydrogen) atoms. The van der Waals surface area contributed by atoms with E-state index in [1.165, 1.54) is 18.2 Å². The van der Waals surface area contributed by atoms with Gasteiger partial charge in [0, 0.05) is 11.1 Å². The summed E-state index contributed by atoms with van der Waals surface area (Å²) in [6.45, 7) is 1.56. The third-order valence-corrected chi connectivity index (χ3v) is 3.45. The molecule has 2 aromatic carbocycles. The van der Waals surface area contributed by atoms with E-state index in [2.05, 4.69) is 10.6 Å². The van der Waals surface area contributed by atoms with Crippen LogP contribution < -0.4 is 10.6 Å². The minimum atomic E-state index is -0.957. The lowest BCUT2D eigenvalue weighted by Gasteiger charge is -2.14. The molecule has 0 aromatic heterocycles. The van der Waals surface area contributed by atoms with E-state index < -0.39 is 23.4 Å². The van der Waals surface area contributed by atoms with Crippen LogP contribution in [0.25, 0.3) is 0 Å². The first-order chi connectivity index (χ1) is 10.9. The molecule has 1 atom stereocenters. The second-order valence-electron chi connectivity index (χ2n) is 4.95. The Labute approximate surface area is 136 Å². The van der Waals surface area contributed by atoms with Crippen molar-refractivity contribution in [2.75, 3.05) is 11.9 Å². The van der Waals surface area contributed by atoms with Crippen LogP contribution in [-0.2, 0) is 4.79 Å². The van der Waals surface area contributed by atoms with Crippen LogP contribution in [0.15, 0.2) is 36.4 Å². The molecular weight excluding hydrogens is 329 g/mol.